The van der Waals surface area contributed by atoms with Gasteiger partial charge in [0.1, 0.15) is 0 Å². The minimum Gasteiger partial charge on any atom is -0.490 e. The van der Waals surface area contributed by atoms with Gasteiger partial charge >= 0.3 is 0 Å². The molecule has 4 rings (SSSR count). The second kappa shape index (κ2) is 8.88. The summed E-state index contributed by atoms with van der Waals surface area (Å²) in [6, 6.07) is 11.8. The Labute approximate surface area is 183 Å². The zero-order valence-electron chi connectivity index (χ0n) is 17.8. The molecule has 1 fully saturated rings. The van der Waals surface area contributed by atoms with Crippen molar-refractivity contribution in [2.75, 3.05) is 19.8 Å². The first kappa shape index (κ1) is 21.6. The van der Waals surface area contributed by atoms with Gasteiger partial charge in [0.2, 0.25) is 10.0 Å². The first-order valence-corrected chi connectivity index (χ1v) is 12.2. The first-order valence-electron chi connectivity index (χ1n) is 10.7. The number of nitrogens with zero attached hydrogens (tertiary/aromatic N) is 1. The Bertz CT molecular complexity index is 1050. The first-order chi connectivity index (χ1) is 14.8. The fourth-order valence-electron chi connectivity index (χ4n) is 4.06. The molecule has 1 amide bonds. The third kappa shape index (κ3) is 4.70. The Morgan fingerprint density at radius 2 is 1.74 bits per heavy atom. The third-order valence-electron chi connectivity index (χ3n) is 5.47. The molecule has 0 aliphatic carbocycles. The smallest absolute Gasteiger partial charge is 0.254 e. The number of carbonyl (C=O) groups is 1. The Hall–Kier alpha value is -2.58. The molecule has 1 atom stereocenters. The number of amides is 1. The van der Waals surface area contributed by atoms with E-state index in [-0.39, 0.29) is 22.9 Å². The molecule has 2 aliphatic heterocycles. The van der Waals surface area contributed by atoms with Crippen molar-refractivity contribution >= 4 is 15.9 Å². The van der Waals surface area contributed by atoms with Crippen LogP contribution in [0.4, 0.5) is 0 Å². The van der Waals surface area contributed by atoms with Crippen molar-refractivity contribution in [1.29, 1.82) is 0 Å². The highest BCUT2D eigenvalue weighted by molar-refractivity contribution is 7.89. The molecule has 166 valence electrons. The molecule has 8 heteroatoms. The van der Waals surface area contributed by atoms with Crippen LogP contribution in [0, 0.1) is 0 Å². The highest BCUT2D eigenvalue weighted by Gasteiger charge is 2.31. The second-order valence-corrected chi connectivity index (χ2v) is 9.93. The molecule has 1 N–H and O–H groups in total. The van der Waals surface area contributed by atoms with Crippen LogP contribution in [0.5, 0.6) is 11.5 Å². The van der Waals surface area contributed by atoms with Gasteiger partial charge in [0.15, 0.2) is 11.5 Å². The molecular weight excluding hydrogens is 416 g/mol. The largest absolute Gasteiger partial charge is 0.490 e. The number of carbonyl (C=O) groups excluding carboxylic acids is 1. The lowest BCUT2D eigenvalue weighted by Crippen LogP contribution is -2.31. The van der Waals surface area contributed by atoms with E-state index < -0.39 is 10.0 Å². The van der Waals surface area contributed by atoms with Crippen LogP contribution in [0.2, 0.25) is 0 Å². The summed E-state index contributed by atoms with van der Waals surface area (Å²) in [5, 5.41) is 0. The molecule has 0 radical (unpaired) electrons. The minimum atomic E-state index is -3.59. The van der Waals surface area contributed by atoms with Crippen molar-refractivity contribution < 1.29 is 22.7 Å². The van der Waals surface area contributed by atoms with Gasteiger partial charge in [0.25, 0.3) is 5.91 Å². The van der Waals surface area contributed by atoms with Crippen LogP contribution in [-0.2, 0) is 10.0 Å². The number of hydrogen-bond acceptors (Lipinski definition) is 5. The van der Waals surface area contributed by atoms with Crippen molar-refractivity contribution in [2.24, 2.45) is 0 Å². The molecule has 1 saturated heterocycles. The van der Waals surface area contributed by atoms with Crippen LogP contribution >= 0.6 is 0 Å². The molecule has 0 aromatic heterocycles. The molecule has 0 saturated carbocycles. The molecule has 2 aromatic carbocycles. The Morgan fingerprint density at radius 3 is 2.45 bits per heavy atom. The van der Waals surface area contributed by atoms with Gasteiger partial charge < -0.3 is 14.4 Å². The predicted molar refractivity (Wildman–Crippen MR) is 117 cm³/mol. The molecule has 31 heavy (non-hydrogen) atoms. The van der Waals surface area contributed by atoms with Gasteiger partial charge in [0.05, 0.1) is 24.2 Å². The van der Waals surface area contributed by atoms with Crippen LogP contribution < -0.4 is 14.2 Å². The monoisotopic (exact) mass is 444 g/mol. The molecule has 0 unspecified atom stereocenters. The normalized spacial score (nSPS) is 18.8. The molecular formula is C23H28N2O5S. The Kier molecular flexibility index (Phi) is 6.20. The summed E-state index contributed by atoms with van der Waals surface area (Å²) < 4.78 is 38.7. The summed E-state index contributed by atoms with van der Waals surface area (Å²) in [6.45, 7) is 5.45. The van der Waals surface area contributed by atoms with E-state index in [1.54, 1.807) is 26.0 Å². The zero-order valence-corrected chi connectivity index (χ0v) is 18.7. The van der Waals surface area contributed by atoms with E-state index in [0.717, 1.165) is 36.3 Å². The van der Waals surface area contributed by atoms with E-state index in [9.17, 15) is 13.2 Å². The van der Waals surface area contributed by atoms with E-state index in [1.165, 1.54) is 12.1 Å². The maximum absolute atomic E-state index is 13.2. The molecule has 2 aliphatic rings. The SMILES string of the molecule is CC(C)NS(=O)(=O)c1ccc(C(=O)N2CCC[C@@H]2c2ccc3c(c2)OCCCO3)cc1. The number of nitrogens with one attached hydrogen (secondary N) is 1. The molecule has 0 bridgehead atoms. The van der Waals surface area contributed by atoms with E-state index >= 15 is 0 Å². The van der Waals surface area contributed by atoms with Gasteiger partial charge in [-0.05, 0) is 68.7 Å². The van der Waals surface area contributed by atoms with Crippen molar-refractivity contribution in [3.8, 4) is 11.5 Å². The lowest BCUT2D eigenvalue weighted by Gasteiger charge is -2.26. The number of sulfonamides is 1. The third-order valence-corrected chi connectivity index (χ3v) is 7.15. The minimum absolute atomic E-state index is 0.0457. The summed E-state index contributed by atoms with van der Waals surface area (Å²) in [7, 11) is -3.59. The van der Waals surface area contributed by atoms with Crippen molar-refractivity contribution in [3.05, 3.63) is 53.6 Å². The van der Waals surface area contributed by atoms with Crippen LogP contribution in [0.1, 0.15) is 55.1 Å². The van der Waals surface area contributed by atoms with Gasteiger partial charge in [-0.15, -0.1) is 0 Å². The summed E-state index contributed by atoms with van der Waals surface area (Å²) in [4.78, 5) is 15.2. The van der Waals surface area contributed by atoms with Crippen LogP contribution in [-0.4, -0.2) is 45.0 Å². The summed E-state index contributed by atoms with van der Waals surface area (Å²) in [5.41, 5.74) is 1.50. The standard InChI is InChI=1S/C23H28N2O5S/c1-16(2)24-31(27,28)19-9-6-17(7-10-19)23(26)25-12-3-5-20(25)18-8-11-21-22(15-18)30-14-4-13-29-21/h6-11,15-16,20,24H,3-5,12-14H2,1-2H3/t20-/m1/s1. The molecule has 0 spiro atoms. The number of rotatable bonds is 5. The molecule has 2 heterocycles. The second-order valence-electron chi connectivity index (χ2n) is 8.21. The lowest BCUT2D eigenvalue weighted by molar-refractivity contribution is 0.0735. The van der Waals surface area contributed by atoms with Crippen molar-refractivity contribution in [3.63, 3.8) is 0 Å². The number of benzene rings is 2. The number of hydrogen-bond donors (Lipinski definition) is 1. The van der Waals surface area contributed by atoms with Crippen LogP contribution in [0.25, 0.3) is 0 Å². The average Bonchev–Trinajstić information content (AvgIpc) is 3.11. The van der Waals surface area contributed by atoms with Gasteiger partial charge in [-0.2, -0.15) is 0 Å². The van der Waals surface area contributed by atoms with Crippen molar-refractivity contribution in [1.82, 2.24) is 9.62 Å². The van der Waals surface area contributed by atoms with E-state index in [4.69, 9.17) is 9.47 Å². The van der Waals surface area contributed by atoms with E-state index in [1.807, 2.05) is 23.1 Å². The lowest BCUT2D eigenvalue weighted by atomic mass is 10.0. The average molecular weight is 445 g/mol. The van der Waals surface area contributed by atoms with E-state index in [0.29, 0.717) is 25.3 Å². The fraction of sp³-hybridized carbons (Fsp3) is 0.435. The summed E-state index contributed by atoms with van der Waals surface area (Å²) in [6.07, 6.45) is 2.63. The highest BCUT2D eigenvalue weighted by Crippen LogP contribution is 2.38. The maximum Gasteiger partial charge on any atom is 0.254 e. The molecule has 7 nitrogen and oxygen atoms in total. The van der Waals surface area contributed by atoms with Crippen molar-refractivity contribution in [2.45, 2.75) is 50.1 Å². The summed E-state index contributed by atoms with van der Waals surface area (Å²) >= 11 is 0. The number of ether oxygens (including phenoxy) is 2. The number of likely N-dealkylation sites (tertiary alicyclic amines) is 1. The Morgan fingerprint density at radius 1 is 1.03 bits per heavy atom. The fourth-order valence-corrected chi connectivity index (χ4v) is 5.32. The topological polar surface area (TPSA) is 84.9 Å². The highest BCUT2D eigenvalue weighted by atomic mass is 32.2. The van der Waals surface area contributed by atoms with Crippen LogP contribution in [0.15, 0.2) is 47.4 Å². The maximum atomic E-state index is 13.2. The van der Waals surface area contributed by atoms with Gasteiger partial charge in [0, 0.05) is 24.6 Å². The number of fused-ring (bicyclic) bond motifs is 1. The Balaban J connectivity index is 1.54. The van der Waals surface area contributed by atoms with Gasteiger partial charge in [-0.25, -0.2) is 13.1 Å². The van der Waals surface area contributed by atoms with Gasteiger partial charge in [-0.3, -0.25) is 4.79 Å². The molecule has 2 aromatic rings. The predicted octanol–water partition coefficient (Wildman–Crippen LogP) is 3.51. The van der Waals surface area contributed by atoms with Gasteiger partial charge in [-0.1, -0.05) is 6.07 Å². The van der Waals surface area contributed by atoms with Crippen LogP contribution in [0.3, 0.4) is 0 Å². The zero-order chi connectivity index (χ0) is 22.0. The summed E-state index contributed by atoms with van der Waals surface area (Å²) in [5.74, 6) is 1.36. The quantitative estimate of drug-likeness (QED) is 0.763. The van der Waals surface area contributed by atoms with E-state index in [2.05, 4.69) is 4.72 Å².